The van der Waals surface area contributed by atoms with Crippen LogP contribution in [0.4, 0.5) is 0 Å². The normalized spacial score (nSPS) is 19.4. The van der Waals surface area contributed by atoms with Gasteiger partial charge in [-0.3, -0.25) is 0 Å². The fourth-order valence-corrected chi connectivity index (χ4v) is 2.83. The maximum atomic E-state index is 1.64. The molecule has 7 heavy (non-hydrogen) atoms. The Balaban J connectivity index is 0.000000360. The molecule has 1 heterocycles. The van der Waals surface area contributed by atoms with E-state index in [2.05, 4.69) is 0 Å². The van der Waals surface area contributed by atoms with Crippen LogP contribution in [-0.2, 0) is 0 Å². The van der Waals surface area contributed by atoms with Gasteiger partial charge in [-0.25, -0.2) is 0 Å². The molecular weight excluding hydrogens is 103 g/mol. The average molecular weight is 116 g/mol. The summed E-state index contributed by atoms with van der Waals surface area (Å²) in [7, 11) is 0. The number of hydrogen-bond donors (Lipinski definition) is 0. The lowest BCUT2D eigenvalue weighted by molar-refractivity contribution is 0.734. The van der Waals surface area contributed by atoms with Gasteiger partial charge in [0, 0.05) is 0 Å². The lowest BCUT2D eigenvalue weighted by atomic mass is 10.3. The first-order valence-corrected chi connectivity index (χ1v) is 5.00. The third-order valence-electron chi connectivity index (χ3n) is 1.50. The van der Waals surface area contributed by atoms with E-state index in [9.17, 15) is 0 Å². The van der Waals surface area contributed by atoms with Crippen LogP contribution < -0.4 is 0 Å². The van der Waals surface area contributed by atoms with Crippen molar-refractivity contribution in [3.8, 4) is 0 Å². The fraction of sp³-hybridized carbons (Fsp3) is 1.00. The van der Waals surface area contributed by atoms with Crippen LogP contribution in [0.1, 0.15) is 19.3 Å². The predicted molar refractivity (Wildman–Crippen MR) is 34.2 cm³/mol. The lowest BCUT2D eigenvalue weighted by Gasteiger charge is -2.03. The molecule has 42 valence electrons. The smallest absolute Gasteiger partial charge is 0.236 e. The summed E-state index contributed by atoms with van der Waals surface area (Å²) in [6.45, 7) is 0. The Labute approximate surface area is 51.1 Å². The van der Waals surface area contributed by atoms with Gasteiger partial charge in [-0.1, -0.05) is 29.8 Å². The van der Waals surface area contributed by atoms with Crippen LogP contribution in [0.15, 0.2) is 0 Å². The van der Waals surface area contributed by atoms with Crippen molar-refractivity contribution in [1.82, 2.24) is 0 Å². The molecule has 1 aliphatic heterocycles. The number of rotatable bonds is 0. The Morgan fingerprint density at radius 3 is 1.57 bits per heavy atom. The van der Waals surface area contributed by atoms with Crippen LogP contribution in [0.3, 0.4) is 0 Å². The van der Waals surface area contributed by atoms with E-state index in [1.165, 1.54) is 6.42 Å². The Morgan fingerprint density at radius 2 is 1.43 bits per heavy atom. The van der Waals surface area contributed by atoms with Gasteiger partial charge in [0.25, 0.3) is 0 Å². The molecule has 0 aliphatic carbocycles. The molecule has 0 saturated carbocycles. The van der Waals surface area contributed by atoms with Gasteiger partial charge in [-0.2, -0.15) is 0 Å². The molecule has 0 unspecified atom stereocenters. The lowest BCUT2D eigenvalue weighted by Crippen LogP contribution is -1.94. The van der Waals surface area contributed by atoms with Crippen molar-refractivity contribution in [1.29, 1.82) is 0 Å². The molecule has 0 aromatic heterocycles. The Morgan fingerprint density at radius 1 is 0.857 bits per heavy atom. The zero-order valence-corrected chi connectivity index (χ0v) is 6.16. The minimum absolute atomic E-state index is 0. The van der Waals surface area contributed by atoms with Crippen LogP contribution >= 0.6 is 0 Å². The van der Waals surface area contributed by atoms with Gasteiger partial charge in [0.15, 0.2) is 0 Å². The van der Waals surface area contributed by atoms with Crippen LogP contribution in [0.2, 0.25) is 10.6 Å². The van der Waals surface area contributed by atoms with Crippen molar-refractivity contribution in [3.05, 3.63) is 0 Å². The molecule has 1 rings (SSSR count). The van der Waals surface area contributed by atoms with E-state index in [1.54, 1.807) is 23.4 Å². The molecule has 0 spiro atoms. The highest BCUT2D eigenvalue weighted by molar-refractivity contribution is 6.35. The van der Waals surface area contributed by atoms with E-state index in [-0.39, 0.29) is 5.48 Å². The molecule has 1 saturated heterocycles. The molecule has 0 aromatic rings. The van der Waals surface area contributed by atoms with Crippen molar-refractivity contribution >= 4 is 15.2 Å². The monoisotopic (exact) mass is 116 g/mol. The van der Waals surface area contributed by atoms with E-state index < -0.39 is 0 Å². The second kappa shape index (κ2) is 4.65. The molecular formula is C5H13AlO. The Kier molecular flexibility index (Phi) is 4.97. The Hall–Kier alpha value is 0.492. The first-order valence-electron chi connectivity index (χ1n) is 3.00. The third kappa shape index (κ3) is 3.11. The van der Waals surface area contributed by atoms with E-state index >= 15 is 0 Å². The molecule has 0 aromatic carbocycles. The molecule has 0 bridgehead atoms. The topological polar surface area (TPSA) is 31.5 Å². The predicted octanol–water partition coefficient (Wildman–Crippen LogP) is 0.619. The summed E-state index contributed by atoms with van der Waals surface area (Å²) in [4.78, 5) is 0. The molecule has 2 N–H and O–H groups in total. The van der Waals surface area contributed by atoms with Gasteiger partial charge in [-0.05, 0) is 0 Å². The summed E-state index contributed by atoms with van der Waals surface area (Å²) < 4.78 is 0. The van der Waals surface area contributed by atoms with Crippen molar-refractivity contribution in [2.75, 3.05) is 0 Å². The van der Waals surface area contributed by atoms with Gasteiger partial charge in [0.1, 0.15) is 0 Å². The van der Waals surface area contributed by atoms with Crippen molar-refractivity contribution < 1.29 is 5.48 Å². The minimum atomic E-state index is 0. The van der Waals surface area contributed by atoms with Crippen LogP contribution in [0, 0.1) is 0 Å². The zero-order chi connectivity index (χ0) is 4.24. The fourth-order valence-electron chi connectivity index (χ4n) is 1.06. The third-order valence-corrected chi connectivity index (χ3v) is 3.50. The molecule has 1 nitrogen and oxygen atoms in total. The highest BCUT2D eigenvalue weighted by Crippen LogP contribution is 2.10. The quantitative estimate of drug-likeness (QED) is 0.415. The van der Waals surface area contributed by atoms with Crippen LogP contribution in [-0.4, -0.2) is 20.7 Å². The van der Waals surface area contributed by atoms with Gasteiger partial charge < -0.3 is 5.48 Å². The SMILES string of the molecule is C1C[CH2][AlH][CH2]C1.O. The zero-order valence-electron chi connectivity index (χ0n) is 4.74. The van der Waals surface area contributed by atoms with Crippen LogP contribution in [0.25, 0.3) is 0 Å². The van der Waals surface area contributed by atoms with Gasteiger partial charge in [0.05, 0.1) is 0 Å². The maximum Gasteiger partial charge on any atom is 0.236 e. The van der Waals surface area contributed by atoms with Crippen molar-refractivity contribution in [2.45, 2.75) is 29.8 Å². The summed E-state index contributed by atoms with van der Waals surface area (Å²) in [5, 5.41) is 3.28. The number of hydrogen-bond acceptors (Lipinski definition) is 0. The van der Waals surface area contributed by atoms with Crippen molar-refractivity contribution in [3.63, 3.8) is 0 Å². The molecule has 0 amide bonds. The highest BCUT2D eigenvalue weighted by Gasteiger charge is 1.99. The standard InChI is InChI=1S/C5H10.Al.H2O.H/c1-3-5-4-2;;;/h1-5H2;;1H2;. The second-order valence-electron chi connectivity index (χ2n) is 2.12. The Bertz CT molecular complexity index is 23.6. The maximum absolute atomic E-state index is 1.64. The molecule has 0 radical (unpaired) electrons. The second-order valence-corrected chi connectivity index (χ2v) is 4.24. The van der Waals surface area contributed by atoms with Crippen LogP contribution in [0.5, 0.6) is 0 Å². The van der Waals surface area contributed by atoms with E-state index in [0.717, 1.165) is 0 Å². The summed E-state index contributed by atoms with van der Waals surface area (Å²) in [5.41, 5.74) is 0. The minimum Gasteiger partial charge on any atom is -0.412 e. The summed E-state index contributed by atoms with van der Waals surface area (Å²) in [5.74, 6) is 0. The van der Waals surface area contributed by atoms with Crippen molar-refractivity contribution in [2.24, 2.45) is 0 Å². The molecule has 1 aliphatic rings. The molecule has 1 fully saturated rings. The van der Waals surface area contributed by atoms with Gasteiger partial charge in [-0.15, -0.1) is 0 Å². The van der Waals surface area contributed by atoms with E-state index in [0.29, 0.717) is 15.2 Å². The summed E-state index contributed by atoms with van der Waals surface area (Å²) in [6.07, 6.45) is 4.66. The van der Waals surface area contributed by atoms with Gasteiger partial charge >= 0.3 is 0 Å². The highest BCUT2D eigenvalue weighted by atomic mass is 27.1. The molecule has 2 heteroatoms. The first kappa shape index (κ1) is 7.49. The largest absolute Gasteiger partial charge is 0.412 e. The van der Waals surface area contributed by atoms with E-state index in [1.807, 2.05) is 0 Å². The first-order chi connectivity index (χ1) is 3.00. The average Bonchev–Trinajstić information content (AvgIpc) is 1.72. The van der Waals surface area contributed by atoms with E-state index in [4.69, 9.17) is 0 Å². The van der Waals surface area contributed by atoms with Gasteiger partial charge in [0.2, 0.25) is 15.2 Å². The summed E-state index contributed by atoms with van der Waals surface area (Å²) >= 11 is 0.508. The molecule has 0 atom stereocenters. The summed E-state index contributed by atoms with van der Waals surface area (Å²) in [6, 6.07) is 0.